The minimum absolute atomic E-state index is 0.0118. The van der Waals surface area contributed by atoms with Crippen LogP contribution in [0.1, 0.15) is 56.4 Å². The number of carbonyl (C=O) groups is 2. The van der Waals surface area contributed by atoms with Crippen LogP contribution in [-0.4, -0.2) is 72.3 Å². The molecule has 1 unspecified atom stereocenters. The molecule has 3 fully saturated rings. The molecule has 12 heteroatoms. The molecule has 1 spiro atoms. The highest BCUT2D eigenvalue weighted by atomic mass is 32.2. The Morgan fingerprint density at radius 3 is 2.73 bits per heavy atom. The SMILES string of the molecule is COc1cc(-c2cc(C(=O)N3CC[C@H](C(=O)NC[C@H]4CCS(=N)(=O)C4(C)C)CC34CC4)[nH]n2)c(F)cn1. The minimum Gasteiger partial charge on any atom is -0.481 e. The van der Waals surface area contributed by atoms with Gasteiger partial charge in [0.2, 0.25) is 11.8 Å². The van der Waals surface area contributed by atoms with Gasteiger partial charge in [0.15, 0.2) is 5.82 Å². The van der Waals surface area contributed by atoms with Crippen molar-refractivity contribution in [1.82, 2.24) is 25.4 Å². The highest BCUT2D eigenvalue weighted by Gasteiger charge is 2.55. The van der Waals surface area contributed by atoms with E-state index in [1.54, 1.807) is 0 Å². The number of nitrogens with one attached hydrogen (secondary N) is 3. The Kier molecular flexibility index (Phi) is 6.28. The minimum atomic E-state index is -2.65. The number of piperidine rings is 1. The smallest absolute Gasteiger partial charge is 0.272 e. The van der Waals surface area contributed by atoms with Crippen LogP contribution < -0.4 is 10.1 Å². The Bertz CT molecular complexity index is 1340. The van der Waals surface area contributed by atoms with Crippen molar-refractivity contribution < 1.29 is 22.9 Å². The average molecular weight is 533 g/mol. The molecule has 2 saturated heterocycles. The number of pyridine rings is 1. The van der Waals surface area contributed by atoms with Gasteiger partial charge in [0.05, 0.1) is 23.7 Å². The van der Waals surface area contributed by atoms with Gasteiger partial charge in [-0.3, -0.25) is 19.5 Å². The van der Waals surface area contributed by atoms with Gasteiger partial charge in [0.25, 0.3) is 5.91 Å². The number of rotatable bonds is 6. The van der Waals surface area contributed by atoms with Crippen LogP contribution in [0.5, 0.6) is 5.88 Å². The zero-order valence-electron chi connectivity index (χ0n) is 21.3. The van der Waals surface area contributed by atoms with Gasteiger partial charge in [-0.25, -0.2) is 13.6 Å². The summed E-state index contributed by atoms with van der Waals surface area (Å²) >= 11 is 0. The molecular weight excluding hydrogens is 499 g/mol. The number of aromatic amines is 1. The normalized spacial score (nSPS) is 27.7. The number of amides is 2. The summed E-state index contributed by atoms with van der Waals surface area (Å²) in [6.45, 7) is 4.57. The molecule has 0 radical (unpaired) electrons. The van der Waals surface area contributed by atoms with Crippen molar-refractivity contribution in [2.24, 2.45) is 11.8 Å². The second kappa shape index (κ2) is 9.07. The van der Waals surface area contributed by atoms with Crippen LogP contribution in [0.2, 0.25) is 0 Å². The van der Waals surface area contributed by atoms with Gasteiger partial charge >= 0.3 is 0 Å². The molecule has 5 rings (SSSR count). The molecule has 200 valence electrons. The highest BCUT2D eigenvalue weighted by Crippen LogP contribution is 2.50. The molecule has 2 aromatic rings. The number of methoxy groups -OCH3 is 1. The number of ether oxygens (including phenoxy) is 1. The Hall–Kier alpha value is -3.02. The number of hydrogen-bond acceptors (Lipinski definition) is 7. The average Bonchev–Trinajstić information content (AvgIpc) is 3.37. The van der Waals surface area contributed by atoms with Crippen molar-refractivity contribution >= 4 is 21.5 Å². The second-order valence-electron chi connectivity index (χ2n) is 11.0. The lowest BCUT2D eigenvalue weighted by Crippen LogP contribution is -2.51. The number of hydrogen-bond donors (Lipinski definition) is 3. The summed E-state index contributed by atoms with van der Waals surface area (Å²) in [6.07, 6.45) is 4.52. The molecular formula is C25H33FN6O4S. The van der Waals surface area contributed by atoms with Gasteiger partial charge in [-0.2, -0.15) is 5.10 Å². The van der Waals surface area contributed by atoms with E-state index in [0.29, 0.717) is 38.1 Å². The molecule has 3 atom stereocenters. The fourth-order valence-corrected chi connectivity index (χ4v) is 7.58. The lowest BCUT2D eigenvalue weighted by molar-refractivity contribution is -0.127. The van der Waals surface area contributed by atoms with E-state index in [2.05, 4.69) is 20.5 Å². The first-order chi connectivity index (χ1) is 17.5. The molecule has 0 bridgehead atoms. The van der Waals surface area contributed by atoms with Gasteiger partial charge in [0, 0.05) is 51.7 Å². The van der Waals surface area contributed by atoms with Crippen LogP contribution in [0.3, 0.4) is 0 Å². The van der Waals surface area contributed by atoms with Crippen molar-refractivity contribution in [3.8, 4) is 17.1 Å². The van der Waals surface area contributed by atoms with Gasteiger partial charge in [0.1, 0.15) is 5.69 Å². The van der Waals surface area contributed by atoms with Gasteiger partial charge < -0.3 is 15.0 Å². The van der Waals surface area contributed by atoms with E-state index in [9.17, 15) is 18.2 Å². The first-order valence-electron chi connectivity index (χ1n) is 12.6. The van der Waals surface area contributed by atoms with Crippen molar-refractivity contribution in [3.63, 3.8) is 0 Å². The lowest BCUT2D eigenvalue weighted by atomic mass is 9.87. The van der Waals surface area contributed by atoms with E-state index in [4.69, 9.17) is 9.52 Å². The molecule has 3 aliphatic rings. The fourth-order valence-electron chi connectivity index (χ4n) is 5.70. The molecule has 0 aromatic carbocycles. The van der Waals surface area contributed by atoms with Crippen molar-refractivity contribution in [3.05, 3.63) is 29.8 Å². The number of likely N-dealkylation sites (tertiary alicyclic amines) is 1. The quantitative estimate of drug-likeness (QED) is 0.522. The summed E-state index contributed by atoms with van der Waals surface area (Å²) in [6, 6.07) is 2.96. The van der Waals surface area contributed by atoms with E-state index in [0.717, 1.165) is 19.0 Å². The number of carbonyl (C=O) groups excluding carboxylic acids is 2. The van der Waals surface area contributed by atoms with Crippen LogP contribution in [0.4, 0.5) is 4.39 Å². The summed E-state index contributed by atoms with van der Waals surface area (Å²) in [5.74, 6) is -0.388. The first kappa shape index (κ1) is 25.6. The van der Waals surface area contributed by atoms with Crippen LogP contribution >= 0.6 is 0 Å². The zero-order chi connectivity index (χ0) is 26.6. The molecule has 10 nitrogen and oxygen atoms in total. The first-order valence-corrected chi connectivity index (χ1v) is 14.3. The third-order valence-corrected chi connectivity index (χ3v) is 11.4. The maximum atomic E-state index is 14.3. The predicted octanol–water partition coefficient (Wildman–Crippen LogP) is 2.97. The highest BCUT2D eigenvalue weighted by molar-refractivity contribution is 7.94. The second-order valence-corrected chi connectivity index (χ2v) is 13.8. The number of H-pyrrole nitrogens is 1. The Balaban J connectivity index is 1.23. The topological polar surface area (TPSA) is 141 Å². The molecule has 2 amide bonds. The van der Waals surface area contributed by atoms with Crippen molar-refractivity contribution in [2.45, 2.75) is 56.2 Å². The molecule has 3 N–H and O–H groups in total. The summed E-state index contributed by atoms with van der Waals surface area (Å²) in [7, 11) is -1.22. The fraction of sp³-hybridized carbons (Fsp3) is 0.600. The van der Waals surface area contributed by atoms with Crippen LogP contribution in [0.25, 0.3) is 11.3 Å². The number of nitrogens with zero attached hydrogens (tertiary/aromatic N) is 3. The summed E-state index contributed by atoms with van der Waals surface area (Å²) in [4.78, 5) is 32.1. The van der Waals surface area contributed by atoms with Gasteiger partial charge in [-0.05, 0) is 57.9 Å². The van der Waals surface area contributed by atoms with Crippen molar-refractivity contribution in [1.29, 1.82) is 4.78 Å². The monoisotopic (exact) mass is 532 g/mol. The predicted molar refractivity (Wildman–Crippen MR) is 135 cm³/mol. The van der Waals surface area contributed by atoms with Gasteiger partial charge in [-0.1, -0.05) is 0 Å². The summed E-state index contributed by atoms with van der Waals surface area (Å²) in [5, 5.41) is 9.93. The largest absolute Gasteiger partial charge is 0.481 e. The summed E-state index contributed by atoms with van der Waals surface area (Å²) in [5.41, 5.74) is 0.384. The molecule has 37 heavy (non-hydrogen) atoms. The zero-order valence-corrected chi connectivity index (χ0v) is 22.1. The van der Waals surface area contributed by atoms with Crippen LogP contribution in [0, 0.1) is 22.4 Å². The van der Waals surface area contributed by atoms with E-state index in [1.165, 1.54) is 19.2 Å². The Labute approximate surface area is 215 Å². The van der Waals surface area contributed by atoms with E-state index in [1.807, 2.05) is 18.7 Å². The molecule has 1 saturated carbocycles. The Morgan fingerprint density at radius 1 is 1.32 bits per heavy atom. The number of aromatic nitrogens is 3. The standard InChI is InChI=1S/C25H33FN6O4S/c1-24(2)16(5-9-37(24,27)35)13-29-22(33)15-4-8-32(25(12-15)6-7-25)23(34)20-11-19(30-31-20)17-10-21(36-3)28-14-18(17)26/h10-11,14-16,27H,4-9,12-13H2,1-3H3,(H,29,33)(H,30,31)/t15-,16+,37?/m0/s1. The maximum Gasteiger partial charge on any atom is 0.272 e. The maximum absolute atomic E-state index is 14.3. The van der Waals surface area contributed by atoms with Crippen LogP contribution in [0.15, 0.2) is 18.3 Å². The van der Waals surface area contributed by atoms with Gasteiger partial charge in [-0.15, -0.1) is 0 Å². The molecule has 2 aliphatic heterocycles. The van der Waals surface area contributed by atoms with Crippen molar-refractivity contribution in [2.75, 3.05) is 26.0 Å². The van der Waals surface area contributed by atoms with E-state index in [-0.39, 0.29) is 52.0 Å². The third-order valence-electron chi connectivity index (χ3n) is 8.58. The Morgan fingerprint density at radius 2 is 2.08 bits per heavy atom. The summed E-state index contributed by atoms with van der Waals surface area (Å²) < 4.78 is 39.4. The molecule has 4 heterocycles. The van der Waals surface area contributed by atoms with E-state index >= 15 is 0 Å². The third kappa shape index (κ3) is 4.49. The lowest BCUT2D eigenvalue weighted by Gasteiger charge is -2.39. The molecule has 1 aliphatic carbocycles. The number of halogens is 1. The molecule has 2 aromatic heterocycles. The van der Waals surface area contributed by atoms with Crippen LogP contribution in [-0.2, 0) is 14.5 Å². The van der Waals surface area contributed by atoms with E-state index < -0.39 is 20.3 Å².